The van der Waals surface area contributed by atoms with Crippen LogP contribution in [0.3, 0.4) is 0 Å². The molecule has 0 saturated carbocycles. The lowest BCUT2D eigenvalue weighted by Gasteiger charge is -2.01. The Labute approximate surface area is 74.7 Å². The number of halogens is 1. The molecule has 60 valence electrons. The van der Waals surface area contributed by atoms with E-state index in [-0.39, 0.29) is 28.1 Å². The lowest BCUT2D eigenvalue weighted by atomic mass is 11.0. The van der Waals surface area contributed by atoms with E-state index in [1.807, 2.05) is 6.92 Å². The summed E-state index contributed by atoms with van der Waals surface area (Å²) >= 11 is 1.31. The Morgan fingerprint density at radius 2 is 2.10 bits per heavy atom. The highest BCUT2D eigenvalue weighted by molar-refractivity contribution is 8.93. The first-order valence-corrected chi connectivity index (χ1v) is 3.47. The fourth-order valence-electron chi connectivity index (χ4n) is 0.303. The van der Waals surface area contributed by atoms with Crippen LogP contribution in [-0.2, 0) is 0 Å². The molecular weight excluding hydrogens is 216 g/mol. The summed E-state index contributed by atoms with van der Waals surface area (Å²) < 4.78 is 0. The molecular formula is C4H11BrN4S. The number of hydrogen-bond acceptors (Lipinski definition) is 3. The third kappa shape index (κ3) is 7.77. The maximum atomic E-state index is 7.05. The van der Waals surface area contributed by atoms with E-state index in [9.17, 15) is 0 Å². The van der Waals surface area contributed by atoms with Gasteiger partial charge >= 0.3 is 0 Å². The van der Waals surface area contributed by atoms with E-state index in [1.54, 1.807) is 0 Å². The van der Waals surface area contributed by atoms with Crippen LogP contribution in [0.4, 0.5) is 0 Å². The maximum Gasteiger partial charge on any atom is 0.191 e. The van der Waals surface area contributed by atoms with Crippen LogP contribution in [0.15, 0.2) is 0 Å². The maximum absolute atomic E-state index is 7.05. The van der Waals surface area contributed by atoms with Crippen molar-refractivity contribution in [2.24, 2.45) is 5.73 Å². The second-order valence-electron chi connectivity index (χ2n) is 1.30. The van der Waals surface area contributed by atoms with Gasteiger partial charge in [-0.2, -0.15) is 0 Å². The van der Waals surface area contributed by atoms with Crippen molar-refractivity contribution in [2.45, 2.75) is 6.92 Å². The number of hydrogen-bond donors (Lipinski definition) is 4. The van der Waals surface area contributed by atoms with Gasteiger partial charge < -0.3 is 11.1 Å². The van der Waals surface area contributed by atoms with Crippen LogP contribution in [0.5, 0.6) is 0 Å². The Morgan fingerprint density at radius 1 is 1.60 bits per heavy atom. The highest BCUT2D eigenvalue weighted by atomic mass is 79.9. The van der Waals surface area contributed by atoms with E-state index in [4.69, 9.17) is 16.6 Å². The van der Waals surface area contributed by atoms with Crippen molar-refractivity contribution < 1.29 is 0 Å². The zero-order chi connectivity index (χ0) is 7.28. The largest absolute Gasteiger partial charge is 0.370 e. The third-order valence-electron chi connectivity index (χ3n) is 0.537. The van der Waals surface area contributed by atoms with Gasteiger partial charge in [-0.05, 0) is 5.75 Å². The van der Waals surface area contributed by atoms with Gasteiger partial charge in [-0.3, -0.25) is 10.8 Å². The van der Waals surface area contributed by atoms with Gasteiger partial charge in [-0.15, -0.1) is 17.0 Å². The first-order valence-electron chi connectivity index (χ1n) is 2.49. The van der Waals surface area contributed by atoms with E-state index in [2.05, 4.69) is 5.32 Å². The molecule has 4 nitrogen and oxygen atoms in total. The molecule has 0 unspecified atom stereocenters. The molecule has 0 aliphatic rings. The van der Waals surface area contributed by atoms with Crippen LogP contribution in [-0.4, -0.2) is 16.9 Å². The lowest BCUT2D eigenvalue weighted by Crippen LogP contribution is -2.33. The monoisotopic (exact) mass is 226 g/mol. The minimum atomic E-state index is -0.180. The average molecular weight is 227 g/mol. The van der Waals surface area contributed by atoms with Crippen LogP contribution in [0, 0.1) is 10.8 Å². The SMILES string of the molecule is Br.CCSC(=N)NC(=N)N. The quantitative estimate of drug-likeness (QED) is 0.393. The molecule has 5 N–H and O–H groups in total. The van der Waals surface area contributed by atoms with Gasteiger partial charge in [0.25, 0.3) is 0 Å². The molecule has 0 aromatic heterocycles. The van der Waals surface area contributed by atoms with Crippen LogP contribution >= 0.6 is 28.7 Å². The number of nitrogens with two attached hydrogens (primary N) is 1. The molecule has 0 aromatic rings. The van der Waals surface area contributed by atoms with E-state index in [0.29, 0.717) is 0 Å². The summed E-state index contributed by atoms with van der Waals surface area (Å²) in [6.07, 6.45) is 0. The fraction of sp³-hybridized carbons (Fsp3) is 0.500. The second-order valence-corrected chi connectivity index (χ2v) is 2.58. The summed E-state index contributed by atoms with van der Waals surface area (Å²) in [5.74, 6) is 0.639. The van der Waals surface area contributed by atoms with Crippen LogP contribution in [0.25, 0.3) is 0 Å². The Balaban J connectivity index is 0. The van der Waals surface area contributed by atoms with Gasteiger partial charge in [0.1, 0.15) is 0 Å². The molecule has 0 aliphatic heterocycles. The first kappa shape index (κ1) is 12.4. The smallest absolute Gasteiger partial charge is 0.191 e. The summed E-state index contributed by atoms with van der Waals surface area (Å²) in [5, 5.41) is 16.3. The molecule has 0 aromatic carbocycles. The van der Waals surface area contributed by atoms with E-state index in [1.165, 1.54) is 11.8 Å². The predicted octanol–water partition coefficient (Wildman–Crippen LogP) is 0.735. The highest BCUT2D eigenvalue weighted by Gasteiger charge is 1.93. The molecule has 0 radical (unpaired) electrons. The van der Waals surface area contributed by atoms with E-state index >= 15 is 0 Å². The molecule has 6 heteroatoms. The van der Waals surface area contributed by atoms with Gasteiger partial charge in [-0.25, -0.2) is 0 Å². The Morgan fingerprint density at radius 3 is 2.40 bits per heavy atom. The normalized spacial score (nSPS) is 7.70. The summed E-state index contributed by atoms with van der Waals surface area (Å²) in [6.45, 7) is 1.93. The van der Waals surface area contributed by atoms with Crippen molar-refractivity contribution in [3.05, 3.63) is 0 Å². The van der Waals surface area contributed by atoms with Crippen molar-refractivity contribution in [1.82, 2.24) is 5.32 Å². The molecule has 0 amide bonds. The second kappa shape index (κ2) is 6.88. The number of guanidine groups is 1. The van der Waals surface area contributed by atoms with Crippen molar-refractivity contribution in [3.8, 4) is 0 Å². The minimum absolute atomic E-state index is 0. The average Bonchev–Trinajstić information content (AvgIpc) is 1.63. The Kier molecular flexibility index (Phi) is 8.57. The zero-order valence-corrected chi connectivity index (χ0v) is 8.13. The van der Waals surface area contributed by atoms with Crippen molar-refractivity contribution in [1.29, 1.82) is 10.8 Å². The molecule has 0 atom stereocenters. The lowest BCUT2D eigenvalue weighted by molar-refractivity contribution is 1.24. The molecule has 0 heterocycles. The summed E-state index contributed by atoms with van der Waals surface area (Å²) in [6, 6.07) is 0. The van der Waals surface area contributed by atoms with Crippen molar-refractivity contribution in [2.75, 3.05) is 5.75 Å². The zero-order valence-electron chi connectivity index (χ0n) is 5.60. The van der Waals surface area contributed by atoms with Gasteiger partial charge in [-0.1, -0.05) is 18.7 Å². The van der Waals surface area contributed by atoms with Gasteiger partial charge in [0.05, 0.1) is 0 Å². The van der Waals surface area contributed by atoms with Crippen molar-refractivity contribution >= 4 is 39.9 Å². The topological polar surface area (TPSA) is 85.8 Å². The van der Waals surface area contributed by atoms with Gasteiger partial charge in [0.2, 0.25) is 0 Å². The highest BCUT2D eigenvalue weighted by Crippen LogP contribution is 1.95. The molecule has 10 heavy (non-hydrogen) atoms. The molecule has 0 bridgehead atoms. The van der Waals surface area contributed by atoms with Crippen LogP contribution < -0.4 is 11.1 Å². The van der Waals surface area contributed by atoms with Crippen molar-refractivity contribution in [3.63, 3.8) is 0 Å². The molecule has 0 spiro atoms. The fourth-order valence-corrected chi connectivity index (χ4v) is 0.774. The van der Waals surface area contributed by atoms with E-state index < -0.39 is 0 Å². The van der Waals surface area contributed by atoms with Crippen LogP contribution in [0.2, 0.25) is 0 Å². The predicted molar refractivity (Wildman–Crippen MR) is 51.2 cm³/mol. The van der Waals surface area contributed by atoms with E-state index in [0.717, 1.165) is 5.75 Å². The minimum Gasteiger partial charge on any atom is -0.370 e. The molecule has 0 rings (SSSR count). The summed E-state index contributed by atoms with van der Waals surface area (Å²) in [4.78, 5) is 0. The van der Waals surface area contributed by atoms with Crippen LogP contribution in [0.1, 0.15) is 6.92 Å². The van der Waals surface area contributed by atoms with Gasteiger partial charge in [0.15, 0.2) is 11.1 Å². The Hall–Kier alpha value is -0.230. The number of thioether (sulfide) groups is 1. The third-order valence-corrected chi connectivity index (χ3v) is 1.22. The summed E-state index contributed by atoms with van der Waals surface area (Å²) in [5.41, 5.74) is 4.94. The number of amidine groups is 1. The molecule has 0 saturated heterocycles. The number of rotatable bonds is 1. The molecule has 0 fully saturated rings. The standard InChI is InChI=1S/C4H10N4S.BrH/c1-2-9-4(7)8-3(5)6;/h2H2,1H3,(H5,5,6,7,8);1H. The number of nitrogens with one attached hydrogen (secondary N) is 3. The summed E-state index contributed by atoms with van der Waals surface area (Å²) in [7, 11) is 0. The Bertz CT molecular complexity index is 126. The van der Waals surface area contributed by atoms with Gasteiger partial charge in [0, 0.05) is 0 Å². The molecule has 0 aliphatic carbocycles. The first-order chi connectivity index (χ1) is 4.16.